The molecule has 0 atom stereocenters. The number of benzene rings is 2. The van der Waals surface area contributed by atoms with E-state index in [4.69, 9.17) is 9.47 Å². The van der Waals surface area contributed by atoms with Crippen LogP contribution in [0.5, 0.6) is 0 Å². The van der Waals surface area contributed by atoms with Crippen LogP contribution in [-0.2, 0) is 19.1 Å². The van der Waals surface area contributed by atoms with Crippen LogP contribution in [0.25, 0.3) is 0 Å². The monoisotopic (exact) mass is 394 g/mol. The standard InChI is InChI=1S/C23H22O6/c1-3-28-19(24)15-18(23(27)29-4-2)20(21(25)16-11-7-5-8-12-16)22(26)17-13-9-6-10-14-17/h5-14H,3-4,15H2,1-2H3. The van der Waals surface area contributed by atoms with E-state index in [1.54, 1.807) is 50.2 Å². The molecule has 0 aromatic heterocycles. The van der Waals surface area contributed by atoms with E-state index in [9.17, 15) is 19.2 Å². The summed E-state index contributed by atoms with van der Waals surface area (Å²) in [4.78, 5) is 51.1. The molecule has 0 saturated heterocycles. The van der Waals surface area contributed by atoms with Gasteiger partial charge in [0.15, 0.2) is 11.6 Å². The molecule has 6 nitrogen and oxygen atoms in total. The van der Waals surface area contributed by atoms with Gasteiger partial charge in [0.2, 0.25) is 0 Å². The topological polar surface area (TPSA) is 86.7 Å². The van der Waals surface area contributed by atoms with Gasteiger partial charge in [-0.1, -0.05) is 60.7 Å². The van der Waals surface area contributed by atoms with Crippen molar-refractivity contribution in [3.05, 3.63) is 82.9 Å². The average Bonchev–Trinajstić information content (AvgIpc) is 2.74. The molecule has 0 amide bonds. The predicted molar refractivity (Wildman–Crippen MR) is 106 cm³/mol. The van der Waals surface area contributed by atoms with E-state index in [0.29, 0.717) is 0 Å². The van der Waals surface area contributed by atoms with E-state index >= 15 is 0 Å². The largest absolute Gasteiger partial charge is 0.466 e. The lowest BCUT2D eigenvalue weighted by Gasteiger charge is -2.13. The normalized spacial score (nSPS) is 10.0. The summed E-state index contributed by atoms with van der Waals surface area (Å²) in [6.07, 6.45) is -0.543. The van der Waals surface area contributed by atoms with Crippen LogP contribution in [0, 0.1) is 0 Å². The zero-order valence-corrected chi connectivity index (χ0v) is 16.3. The highest BCUT2D eigenvalue weighted by atomic mass is 16.5. The van der Waals surface area contributed by atoms with Gasteiger partial charge in [-0.3, -0.25) is 14.4 Å². The van der Waals surface area contributed by atoms with Crippen molar-refractivity contribution in [2.45, 2.75) is 20.3 Å². The molecule has 0 bridgehead atoms. The van der Waals surface area contributed by atoms with Gasteiger partial charge in [-0.05, 0) is 13.8 Å². The van der Waals surface area contributed by atoms with Crippen LogP contribution in [0.3, 0.4) is 0 Å². The van der Waals surface area contributed by atoms with Crippen LogP contribution < -0.4 is 0 Å². The Kier molecular flexibility index (Phi) is 8.03. The summed E-state index contributed by atoms with van der Waals surface area (Å²) in [5.41, 5.74) is -0.267. The number of ketones is 2. The number of allylic oxidation sites excluding steroid dienone is 1. The van der Waals surface area contributed by atoms with Gasteiger partial charge >= 0.3 is 11.9 Å². The van der Waals surface area contributed by atoms with E-state index in [-0.39, 0.29) is 29.9 Å². The number of ether oxygens (including phenoxy) is 2. The zero-order chi connectivity index (χ0) is 21.2. The van der Waals surface area contributed by atoms with E-state index in [1.807, 2.05) is 0 Å². The van der Waals surface area contributed by atoms with Crippen molar-refractivity contribution < 1.29 is 28.7 Å². The Labute approximate surface area is 169 Å². The molecule has 2 aromatic carbocycles. The Morgan fingerprint density at radius 2 is 1.14 bits per heavy atom. The third-order valence-corrected chi connectivity index (χ3v) is 3.98. The fourth-order valence-corrected chi connectivity index (χ4v) is 2.68. The summed E-state index contributed by atoms with van der Waals surface area (Å²) in [6.45, 7) is 3.34. The number of hydrogen-bond acceptors (Lipinski definition) is 6. The average molecular weight is 394 g/mol. The highest BCUT2D eigenvalue weighted by Crippen LogP contribution is 2.22. The molecule has 29 heavy (non-hydrogen) atoms. The molecule has 0 spiro atoms. The van der Waals surface area contributed by atoms with Crippen molar-refractivity contribution in [3.63, 3.8) is 0 Å². The Balaban J connectivity index is 2.67. The van der Waals surface area contributed by atoms with Crippen molar-refractivity contribution in [1.29, 1.82) is 0 Å². The highest BCUT2D eigenvalue weighted by Gasteiger charge is 2.31. The second-order valence-electron chi connectivity index (χ2n) is 5.95. The highest BCUT2D eigenvalue weighted by molar-refractivity contribution is 6.33. The molecule has 0 aliphatic heterocycles. The second kappa shape index (κ2) is 10.7. The molecule has 0 aliphatic rings. The molecule has 0 aliphatic carbocycles. The van der Waals surface area contributed by atoms with E-state index in [1.165, 1.54) is 24.3 Å². The molecule has 0 unspecified atom stereocenters. The summed E-state index contributed by atoms with van der Waals surface area (Å²) in [6, 6.07) is 16.2. The Morgan fingerprint density at radius 3 is 1.55 bits per heavy atom. The van der Waals surface area contributed by atoms with E-state index in [2.05, 4.69) is 0 Å². The molecule has 0 heterocycles. The van der Waals surface area contributed by atoms with Gasteiger partial charge in [-0.2, -0.15) is 0 Å². The molecule has 2 aromatic rings. The lowest BCUT2D eigenvalue weighted by atomic mass is 9.90. The summed E-state index contributed by atoms with van der Waals surface area (Å²) in [7, 11) is 0. The molecule has 0 fully saturated rings. The number of esters is 2. The number of hydrogen-bond donors (Lipinski definition) is 0. The number of rotatable bonds is 9. The van der Waals surface area contributed by atoms with Gasteiger partial charge in [-0.15, -0.1) is 0 Å². The molecule has 6 heteroatoms. The Hall–Kier alpha value is -3.54. The van der Waals surface area contributed by atoms with E-state index < -0.39 is 35.5 Å². The summed E-state index contributed by atoms with van der Waals surface area (Å²) in [5.74, 6) is -2.95. The minimum absolute atomic E-state index is 0.0253. The van der Waals surface area contributed by atoms with Gasteiger partial charge in [0.25, 0.3) is 0 Å². The molecular weight excluding hydrogens is 372 g/mol. The Morgan fingerprint density at radius 1 is 0.690 bits per heavy atom. The van der Waals surface area contributed by atoms with Gasteiger partial charge in [0, 0.05) is 11.1 Å². The van der Waals surface area contributed by atoms with Crippen LogP contribution in [0.15, 0.2) is 71.8 Å². The Bertz CT molecular complexity index is 859. The van der Waals surface area contributed by atoms with Crippen LogP contribution in [0.2, 0.25) is 0 Å². The molecule has 0 radical (unpaired) electrons. The maximum absolute atomic E-state index is 13.2. The van der Waals surface area contributed by atoms with Gasteiger partial charge in [0.1, 0.15) is 0 Å². The first-order chi connectivity index (χ1) is 14.0. The summed E-state index contributed by atoms with van der Waals surface area (Å²) < 4.78 is 9.95. The van der Waals surface area contributed by atoms with Crippen LogP contribution >= 0.6 is 0 Å². The number of carbonyl (C=O) groups excluding carboxylic acids is 4. The van der Waals surface area contributed by atoms with Crippen molar-refractivity contribution in [3.8, 4) is 0 Å². The maximum atomic E-state index is 13.2. The predicted octanol–water partition coefficient (Wildman–Crippen LogP) is 3.57. The molecule has 0 saturated carbocycles. The number of Topliss-reactive ketones (excluding diaryl/α,β-unsaturated/α-hetero) is 2. The van der Waals surface area contributed by atoms with Gasteiger partial charge in [0.05, 0.1) is 30.8 Å². The zero-order valence-electron chi connectivity index (χ0n) is 16.3. The molecular formula is C23H22O6. The van der Waals surface area contributed by atoms with Crippen molar-refractivity contribution in [2.24, 2.45) is 0 Å². The first-order valence-corrected chi connectivity index (χ1v) is 9.24. The lowest BCUT2D eigenvalue weighted by molar-refractivity contribution is -0.145. The van der Waals surface area contributed by atoms with Gasteiger partial charge in [-0.25, -0.2) is 4.79 Å². The van der Waals surface area contributed by atoms with Crippen molar-refractivity contribution in [2.75, 3.05) is 13.2 Å². The maximum Gasteiger partial charge on any atom is 0.335 e. The molecule has 150 valence electrons. The molecule has 0 N–H and O–H groups in total. The minimum Gasteiger partial charge on any atom is -0.466 e. The van der Waals surface area contributed by atoms with E-state index in [0.717, 1.165) is 0 Å². The quantitative estimate of drug-likeness (QED) is 0.212. The van der Waals surface area contributed by atoms with Crippen molar-refractivity contribution >= 4 is 23.5 Å². The van der Waals surface area contributed by atoms with Crippen LogP contribution in [0.1, 0.15) is 41.0 Å². The molecule has 2 rings (SSSR count). The second-order valence-corrected chi connectivity index (χ2v) is 5.95. The minimum atomic E-state index is -0.899. The fourth-order valence-electron chi connectivity index (χ4n) is 2.68. The van der Waals surface area contributed by atoms with Crippen LogP contribution in [0.4, 0.5) is 0 Å². The smallest absolute Gasteiger partial charge is 0.335 e. The fraction of sp³-hybridized carbons (Fsp3) is 0.217. The summed E-state index contributed by atoms with van der Waals surface area (Å²) >= 11 is 0. The number of carbonyl (C=O) groups is 4. The first-order valence-electron chi connectivity index (χ1n) is 9.24. The summed E-state index contributed by atoms with van der Waals surface area (Å²) in [5, 5.41) is 0. The lowest BCUT2D eigenvalue weighted by Crippen LogP contribution is -2.23. The first kappa shape index (κ1) is 21.8. The third kappa shape index (κ3) is 5.72. The van der Waals surface area contributed by atoms with Gasteiger partial charge < -0.3 is 9.47 Å². The SMILES string of the molecule is CCOC(=O)CC(C(=O)OCC)=C(C(=O)c1ccccc1)C(=O)c1ccccc1. The van der Waals surface area contributed by atoms with Crippen molar-refractivity contribution in [1.82, 2.24) is 0 Å². The van der Waals surface area contributed by atoms with Crippen LogP contribution in [-0.4, -0.2) is 36.7 Å². The third-order valence-electron chi connectivity index (χ3n) is 3.98.